The Bertz CT molecular complexity index is 648. The van der Waals surface area contributed by atoms with Gasteiger partial charge >= 0.3 is 0 Å². The van der Waals surface area contributed by atoms with E-state index >= 15 is 0 Å². The van der Waals surface area contributed by atoms with Gasteiger partial charge in [0.05, 0.1) is 11.3 Å². The lowest BCUT2D eigenvalue weighted by atomic mass is 9.93. The van der Waals surface area contributed by atoms with E-state index in [2.05, 4.69) is 30.9 Å². The summed E-state index contributed by atoms with van der Waals surface area (Å²) in [6.45, 7) is 6.35. The van der Waals surface area contributed by atoms with Gasteiger partial charge in [0.2, 0.25) is 0 Å². The fraction of sp³-hybridized carbons (Fsp3) is 0.500. The molecule has 0 spiro atoms. The third-order valence-electron chi connectivity index (χ3n) is 3.09. The average molecular weight is 249 g/mol. The van der Waals surface area contributed by atoms with Crippen molar-refractivity contribution in [2.24, 2.45) is 0 Å². The Labute approximate surface area is 103 Å². The molecule has 0 bridgehead atoms. The molecule has 0 aromatic carbocycles. The lowest BCUT2D eigenvalue weighted by molar-refractivity contribution is 0.561. The minimum absolute atomic E-state index is 0.000661. The maximum absolute atomic E-state index is 12.2. The highest BCUT2D eigenvalue weighted by atomic mass is 32.2. The number of hydrogen-bond acceptors (Lipinski definition) is 3. The smallest absolute Gasteiger partial charge is 0.277 e. The van der Waals surface area contributed by atoms with E-state index in [9.17, 15) is 4.79 Å². The highest BCUT2D eigenvalue weighted by molar-refractivity contribution is 7.98. The SMILES string of the molecule is CC(C)(C)c1cc2nc3c(c(=O)n2[nH]1)CSC3. The van der Waals surface area contributed by atoms with Gasteiger partial charge in [0.15, 0.2) is 5.65 Å². The van der Waals surface area contributed by atoms with E-state index < -0.39 is 0 Å². The van der Waals surface area contributed by atoms with Crippen LogP contribution in [0, 0.1) is 0 Å². The Morgan fingerprint density at radius 3 is 2.88 bits per heavy atom. The van der Waals surface area contributed by atoms with E-state index in [4.69, 9.17) is 0 Å². The second-order valence-electron chi connectivity index (χ2n) is 5.45. The molecule has 3 heterocycles. The third-order valence-corrected chi connectivity index (χ3v) is 4.06. The van der Waals surface area contributed by atoms with Crippen molar-refractivity contribution in [1.82, 2.24) is 14.6 Å². The summed E-state index contributed by atoms with van der Waals surface area (Å²) >= 11 is 1.75. The minimum atomic E-state index is -0.000661. The molecular formula is C12H15N3OS. The quantitative estimate of drug-likeness (QED) is 0.777. The number of rotatable bonds is 0. The second kappa shape index (κ2) is 3.38. The molecule has 0 saturated heterocycles. The van der Waals surface area contributed by atoms with Gasteiger partial charge in [-0.3, -0.25) is 9.89 Å². The molecule has 0 fully saturated rings. The maximum Gasteiger partial charge on any atom is 0.277 e. The first-order valence-electron chi connectivity index (χ1n) is 5.68. The lowest BCUT2D eigenvalue weighted by Crippen LogP contribution is -2.21. The number of fused-ring (bicyclic) bond motifs is 2. The molecule has 5 heteroatoms. The van der Waals surface area contributed by atoms with Crippen molar-refractivity contribution in [2.75, 3.05) is 0 Å². The summed E-state index contributed by atoms with van der Waals surface area (Å²) in [4.78, 5) is 16.8. The molecule has 4 nitrogen and oxygen atoms in total. The number of H-pyrrole nitrogens is 1. The van der Waals surface area contributed by atoms with Crippen LogP contribution in [0.2, 0.25) is 0 Å². The fourth-order valence-electron chi connectivity index (χ4n) is 2.00. The van der Waals surface area contributed by atoms with Crippen molar-refractivity contribution in [1.29, 1.82) is 0 Å². The monoisotopic (exact) mass is 249 g/mol. The molecule has 17 heavy (non-hydrogen) atoms. The van der Waals surface area contributed by atoms with Crippen LogP contribution in [0.15, 0.2) is 10.9 Å². The summed E-state index contributed by atoms with van der Waals surface area (Å²) in [5.74, 6) is 1.64. The van der Waals surface area contributed by atoms with Crippen molar-refractivity contribution < 1.29 is 0 Å². The topological polar surface area (TPSA) is 50.2 Å². The molecule has 0 atom stereocenters. The van der Waals surface area contributed by atoms with E-state index in [1.807, 2.05) is 6.07 Å². The highest BCUT2D eigenvalue weighted by Crippen LogP contribution is 2.27. The maximum atomic E-state index is 12.2. The van der Waals surface area contributed by atoms with Crippen molar-refractivity contribution in [3.8, 4) is 0 Å². The summed E-state index contributed by atoms with van der Waals surface area (Å²) in [6, 6.07) is 1.98. The summed E-state index contributed by atoms with van der Waals surface area (Å²) in [5.41, 5.74) is 3.65. The van der Waals surface area contributed by atoms with Crippen molar-refractivity contribution in [3.05, 3.63) is 33.4 Å². The number of hydrogen-bond donors (Lipinski definition) is 1. The van der Waals surface area contributed by atoms with E-state index in [-0.39, 0.29) is 11.0 Å². The molecule has 0 unspecified atom stereocenters. The zero-order valence-corrected chi connectivity index (χ0v) is 11.0. The largest absolute Gasteiger partial charge is 0.293 e. The van der Waals surface area contributed by atoms with E-state index in [0.717, 1.165) is 34.1 Å². The summed E-state index contributed by atoms with van der Waals surface area (Å²) < 4.78 is 1.57. The lowest BCUT2D eigenvalue weighted by Gasteiger charge is -2.14. The molecule has 90 valence electrons. The Kier molecular flexibility index (Phi) is 2.17. The average Bonchev–Trinajstić information content (AvgIpc) is 2.82. The van der Waals surface area contributed by atoms with Crippen molar-refractivity contribution in [3.63, 3.8) is 0 Å². The Balaban J connectivity index is 2.32. The number of aromatic amines is 1. The van der Waals surface area contributed by atoms with Gasteiger partial charge in [-0.05, 0) is 0 Å². The first kappa shape index (κ1) is 10.9. The van der Waals surface area contributed by atoms with Crippen LogP contribution in [0.5, 0.6) is 0 Å². The summed E-state index contributed by atoms with van der Waals surface area (Å²) in [6.07, 6.45) is 0. The van der Waals surface area contributed by atoms with E-state index in [1.54, 1.807) is 16.3 Å². The van der Waals surface area contributed by atoms with Gasteiger partial charge in [0.25, 0.3) is 5.56 Å². The van der Waals surface area contributed by atoms with Crippen LogP contribution in [0.25, 0.3) is 5.65 Å². The molecule has 1 aliphatic rings. The predicted molar refractivity (Wildman–Crippen MR) is 69.5 cm³/mol. The number of nitrogens with zero attached hydrogens (tertiary/aromatic N) is 2. The Morgan fingerprint density at radius 1 is 1.41 bits per heavy atom. The molecular weight excluding hydrogens is 234 g/mol. The highest BCUT2D eigenvalue weighted by Gasteiger charge is 2.22. The van der Waals surface area contributed by atoms with E-state index in [1.165, 1.54) is 0 Å². The van der Waals surface area contributed by atoms with Crippen LogP contribution < -0.4 is 5.56 Å². The zero-order valence-electron chi connectivity index (χ0n) is 10.2. The molecule has 1 aliphatic heterocycles. The van der Waals surface area contributed by atoms with Gasteiger partial charge in [-0.1, -0.05) is 20.8 Å². The molecule has 0 aliphatic carbocycles. The van der Waals surface area contributed by atoms with Crippen LogP contribution in [0.3, 0.4) is 0 Å². The zero-order chi connectivity index (χ0) is 12.2. The fourth-order valence-corrected chi connectivity index (χ4v) is 3.03. The van der Waals surface area contributed by atoms with E-state index in [0.29, 0.717) is 0 Å². The van der Waals surface area contributed by atoms with Crippen LogP contribution >= 0.6 is 11.8 Å². The molecule has 3 rings (SSSR count). The molecule has 0 radical (unpaired) electrons. The second-order valence-corrected chi connectivity index (χ2v) is 6.43. The van der Waals surface area contributed by atoms with Crippen LogP contribution in [-0.2, 0) is 16.9 Å². The van der Waals surface area contributed by atoms with Gasteiger partial charge < -0.3 is 0 Å². The van der Waals surface area contributed by atoms with Crippen LogP contribution in [0.1, 0.15) is 37.7 Å². The van der Waals surface area contributed by atoms with Crippen molar-refractivity contribution in [2.45, 2.75) is 37.7 Å². The molecule has 1 N–H and O–H groups in total. The first-order chi connectivity index (χ1) is 7.97. The first-order valence-corrected chi connectivity index (χ1v) is 6.84. The molecule has 2 aromatic rings. The normalized spacial score (nSPS) is 15.5. The van der Waals surface area contributed by atoms with Crippen molar-refractivity contribution >= 4 is 17.4 Å². The number of thioether (sulfide) groups is 1. The van der Waals surface area contributed by atoms with Gasteiger partial charge in [0.1, 0.15) is 0 Å². The summed E-state index contributed by atoms with van der Waals surface area (Å²) in [5, 5.41) is 3.17. The number of nitrogens with one attached hydrogen (secondary N) is 1. The van der Waals surface area contributed by atoms with Gasteiger partial charge in [-0.15, -0.1) is 0 Å². The third kappa shape index (κ3) is 1.60. The van der Waals surface area contributed by atoms with Crippen LogP contribution in [-0.4, -0.2) is 14.6 Å². The molecule has 0 amide bonds. The molecule has 2 aromatic heterocycles. The Hall–Kier alpha value is -1.23. The van der Waals surface area contributed by atoms with Gasteiger partial charge in [-0.25, -0.2) is 9.50 Å². The standard InChI is InChI=1S/C12H15N3OS/c1-12(2,3)9-4-10-13-8-6-17-5-7(8)11(16)15(10)14-9/h4,14H,5-6H2,1-3H3. The number of aromatic nitrogens is 3. The molecule has 0 saturated carbocycles. The Morgan fingerprint density at radius 2 is 2.18 bits per heavy atom. The van der Waals surface area contributed by atoms with Gasteiger partial charge in [0, 0.05) is 28.7 Å². The van der Waals surface area contributed by atoms with Crippen LogP contribution in [0.4, 0.5) is 0 Å². The van der Waals surface area contributed by atoms with Gasteiger partial charge in [-0.2, -0.15) is 11.8 Å². The summed E-state index contributed by atoms with van der Waals surface area (Å²) in [7, 11) is 0. The predicted octanol–water partition coefficient (Wildman–Crippen LogP) is 2.07. The minimum Gasteiger partial charge on any atom is -0.293 e.